The SMILES string of the molecule is N#CCCn1cc(/C=N\NC(=S)Nc2ccccc2[N+](=O)[O-])c2ccccc21. The molecule has 0 bridgehead atoms. The van der Waals surface area contributed by atoms with Gasteiger partial charge in [0.15, 0.2) is 5.11 Å². The minimum atomic E-state index is -0.482. The van der Waals surface area contributed by atoms with Crippen molar-refractivity contribution in [1.82, 2.24) is 9.99 Å². The summed E-state index contributed by atoms with van der Waals surface area (Å²) in [5.41, 5.74) is 4.76. The number of aromatic nitrogens is 1. The van der Waals surface area contributed by atoms with E-state index in [4.69, 9.17) is 17.5 Å². The molecule has 1 heterocycles. The van der Waals surface area contributed by atoms with E-state index >= 15 is 0 Å². The number of hydrazone groups is 1. The summed E-state index contributed by atoms with van der Waals surface area (Å²) >= 11 is 5.16. The number of hydrogen-bond donors (Lipinski definition) is 2. The molecule has 0 aliphatic heterocycles. The van der Waals surface area contributed by atoms with E-state index in [1.165, 1.54) is 6.07 Å². The Morgan fingerprint density at radius 3 is 2.82 bits per heavy atom. The highest BCUT2D eigenvalue weighted by atomic mass is 32.1. The van der Waals surface area contributed by atoms with Crippen molar-refractivity contribution in [3.05, 3.63) is 70.4 Å². The van der Waals surface area contributed by atoms with Crippen molar-refractivity contribution in [1.29, 1.82) is 5.26 Å². The Bertz CT molecular complexity index is 1100. The number of para-hydroxylation sites is 3. The molecule has 0 unspecified atom stereocenters. The number of nitrogens with one attached hydrogen (secondary N) is 2. The van der Waals surface area contributed by atoms with Crippen molar-refractivity contribution in [3.8, 4) is 6.07 Å². The molecular weight excluding hydrogens is 376 g/mol. The molecule has 0 atom stereocenters. The standard InChI is InChI=1S/C19H16N6O2S/c20-10-5-11-24-13-14(15-6-1-3-8-17(15)24)12-21-23-19(28)22-16-7-2-4-9-18(16)25(26)27/h1-4,6-9,12-13H,5,11H2,(H2,22,23,28)/b21-12-. The van der Waals surface area contributed by atoms with Crippen LogP contribution in [0.2, 0.25) is 0 Å². The second kappa shape index (κ2) is 8.75. The van der Waals surface area contributed by atoms with Gasteiger partial charge < -0.3 is 9.88 Å². The number of aryl methyl sites for hydroxylation is 1. The van der Waals surface area contributed by atoms with Gasteiger partial charge in [0.25, 0.3) is 5.69 Å². The summed E-state index contributed by atoms with van der Waals surface area (Å²) in [5.74, 6) is 0. The molecule has 3 aromatic rings. The van der Waals surface area contributed by atoms with Gasteiger partial charge in [0.05, 0.1) is 23.6 Å². The van der Waals surface area contributed by atoms with Crippen molar-refractivity contribution in [3.63, 3.8) is 0 Å². The average molecular weight is 392 g/mol. The maximum atomic E-state index is 11.1. The Balaban J connectivity index is 1.72. The van der Waals surface area contributed by atoms with E-state index in [1.54, 1.807) is 24.4 Å². The number of fused-ring (bicyclic) bond motifs is 1. The molecule has 0 aliphatic carbocycles. The summed E-state index contributed by atoms with van der Waals surface area (Å²) in [6, 6.07) is 16.2. The molecular formula is C19H16N6O2S. The maximum absolute atomic E-state index is 11.1. The zero-order valence-corrected chi connectivity index (χ0v) is 15.5. The summed E-state index contributed by atoms with van der Waals surface area (Å²) in [4.78, 5) is 10.6. The maximum Gasteiger partial charge on any atom is 0.292 e. The van der Waals surface area contributed by atoms with Crippen LogP contribution in [0.1, 0.15) is 12.0 Å². The van der Waals surface area contributed by atoms with E-state index in [1.807, 2.05) is 35.0 Å². The summed E-state index contributed by atoms with van der Waals surface area (Å²) in [6.45, 7) is 0.593. The highest BCUT2D eigenvalue weighted by Gasteiger charge is 2.13. The van der Waals surface area contributed by atoms with E-state index in [-0.39, 0.29) is 16.5 Å². The highest BCUT2D eigenvalue weighted by molar-refractivity contribution is 7.80. The van der Waals surface area contributed by atoms with Crippen LogP contribution in [0.25, 0.3) is 10.9 Å². The zero-order valence-electron chi connectivity index (χ0n) is 14.7. The van der Waals surface area contributed by atoms with Crippen LogP contribution in [0, 0.1) is 21.4 Å². The summed E-state index contributed by atoms with van der Waals surface area (Å²) in [5, 5.41) is 27.9. The molecule has 0 fully saturated rings. The zero-order chi connectivity index (χ0) is 19.9. The number of nitro groups is 1. The predicted octanol–water partition coefficient (Wildman–Crippen LogP) is 3.78. The summed E-state index contributed by atoms with van der Waals surface area (Å²) in [6.07, 6.45) is 3.96. The first-order valence-electron chi connectivity index (χ1n) is 8.38. The van der Waals surface area contributed by atoms with Gasteiger partial charge in [-0.15, -0.1) is 0 Å². The van der Waals surface area contributed by atoms with Crippen LogP contribution in [-0.4, -0.2) is 20.8 Å². The molecule has 0 spiro atoms. The largest absolute Gasteiger partial charge is 0.346 e. The van der Waals surface area contributed by atoms with E-state index in [9.17, 15) is 10.1 Å². The minimum Gasteiger partial charge on any atom is -0.346 e. The molecule has 140 valence electrons. The molecule has 8 nitrogen and oxygen atoms in total. The number of rotatable bonds is 6. The first kappa shape index (κ1) is 19.0. The topological polar surface area (TPSA) is 108 Å². The smallest absolute Gasteiger partial charge is 0.292 e. The van der Waals surface area contributed by atoms with Crippen LogP contribution in [0.5, 0.6) is 0 Å². The molecule has 0 saturated carbocycles. The van der Waals surface area contributed by atoms with E-state index < -0.39 is 4.92 Å². The second-order valence-electron chi connectivity index (χ2n) is 5.80. The molecule has 0 amide bonds. The molecule has 0 aliphatic rings. The molecule has 1 aromatic heterocycles. The van der Waals surface area contributed by atoms with Crippen molar-refractivity contribution >= 4 is 45.8 Å². The van der Waals surface area contributed by atoms with Gasteiger partial charge >= 0.3 is 0 Å². The van der Waals surface area contributed by atoms with Gasteiger partial charge in [0.1, 0.15) is 5.69 Å². The lowest BCUT2D eigenvalue weighted by Crippen LogP contribution is -2.24. The van der Waals surface area contributed by atoms with Crippen LogP contribution < -0.4 is 10.7 Å². The van der Waals surface area contributed by atoms with Crippen LogP contribution in [0.3, 0.4) is 0 Å². The number of nitrogens with zero attached hydrogens (tertiary/aromatic N) is 4. The molecule has 28 heavy (non-hydrogen) atoms. The van der Waals surface area contributed by atoms with Crippen LogP contribution in [-0.2, 0) is 6.54 Å². The molecule has 3 rings (SSSR count). The molecule has 0 saturated heterocycles. The van der Waals surface area contributed by atoms with Crippen molar-refractivity contribution in [2.75, 3.05) is 5.32 Å². The lowest BCUT2D eigenvalue weighted by Gasteiger charge is -2.07. The normalized spacial score (nSPS) is 10.7. The molecule has 0 radical (unpaired) electrons. The lowest BCUT2D eigenvalue weighted by molar-refractivity contribution is -0.383. The Labute approximate surface area is 166 Å². The predicted molar refractivity (Wildman–Crippen MR) is 112 cm³/mol. The monoisotopic (exact) mass is 392 g/mol. The van der Waals surface area contributed by atoms with Crippen LogP contribution in [0.4, 0.5) is 11.4 Å². The molecule has 2 N–H and O–H groups in total. The third-order valence-corrected chi connectivity index (χ3v) is 4.20. The van der Waals surface area contributed by atoms with Gasteiger partial charge in [-0.1, -0.05) is 30.3 Å². The van der Waals surface area contributed by atoms with Gasteiger partial charge in [0, 0.05) is 35.3 Å². The van der Waals surface area contributed by atoms with E-state index in [0.717, 1.165) is 16.5 Å². The Morgan fingerprint density at radius 1 is 1.29 bits per heavy atom. The average Bonchev–Trinajstić information content (AvgIpc) is 3.04. The molecule has 9 heteroatoms. The fourth-order valence-corrected chi connectivity index (χ4v) is 2.95. The Hall–Kier alpha value is -3.77. The first-order chi connectivity index (χ1) is 13.6. The van der Waals surface area contributed by atoms with Crippen molar-refractivity contribution in [2.45, 2.75) is 13.0 Å². The lowest BCUT2D eigenvalue weighted by atomic mass is 10.2. The molecule has 2 aromatic carbocycles. The summed E-state index contributed by atoms with van der Waals surface area (Å²) < 4.78 is 2.00. The third kappa shape index (κ3) is 4.31. The number of hydrogen-bond acceptors (Lipinski definition) is 5. The van der Waals surface area contributed by atoms with Crippen LogP contribution in [0.15, 0.2) is 59.8 Å². The van der Waals surface area contributed by atoms with E-state index in [0.29, 0.717) is 13.0 Å². The van der Waals surface area contributed by atoms with Crippen molar-refractivity contribution < 1.29 is 4.92 Å². The van der Waals surface area contributed by atoms with E-state index in [2.05, 4.69) is 21.9 Å². The quantitative estimate of drug-likeness (QED) is 0.286. The Kier molecular flexibility index (Phi) is 5.94. The summed E-state index contributed by atoms with van der Waals surface area (Å²) in [7, 11) is 0. The fourth-order valence-electron chi connectivity index (χ4n) is 2.78. The number of nitro benzene ring substituents is 1. The number of anilines is 1. The van der Waals surface area contributed by atoms with Gasteiger partial charge in [-0.3, -0.25) is 15.5 Å². The van der Waals surface area contributed by atoms with Gasteiger partial charge in [-0.05, 0) is 24.4 Å². The van der Waals surface area contributed by atoms with Gasteiger partial charge in [-0.25, -0.2) is 0 Å². The fraction of sp³-hybridized carbons (Fsp3) is 0.105. The minimum absolute atomic E-state index is 0.0730. The second-order valence-corrected chi connectivity index (χ2v) is 6.21. The van der Waals surface area contributed by atoms with Crippen LogP contribution >= 0.6 is 12.2 Å². The highest BCUT2D eigenvalue weighted by Crippen LogP contribution is 2.23. The number of nitriles is 1. The van der Waals surface area contributed by atoms with Gasteiger partial charge in [0.2, 0.25) is 0 Å². The van der Waals surface area contributed by atoms with Crippen molar-refractivity contribution in [2.24, 2.45) is 5.10 Å². The Morgan fingerprint density at radius 2 is 2.04 bits per heavy atom. The third-order valence-electron chi connectivity index (χ3n) is 4.00. The van der Waals surface area contributed by atoms with Gasteiger partial charge in [-0.2, -0.15) is 10.4 Å². The number of thiocarbonyl (C=S) groups is 1. The first-order valence-corrected chi connectivity index (χ1v) is 8.79. The number of benzene rings is 2.